The van der Waals surface area contributed by atoms with Crippen molar-refractivity contribution in [2.45, 2.75) is 13.0 Å². The highest BCUT2D eigenvalue weighted by Crippen LogP contribution is 2.28. The summed E-state index contributed by atoms with van der Waals surface area (Å²) in [4.78, 5) is 17.3. The van der Waals surface area contributed by atoms with Gasteiger partial charge in [0.2, 0.25) is 0 Å². The number of nitrogens with zero attached hydrogens (tertiary/aromatic N) is 2. The Morgan fingerprint density at radius 2 is 1.58 bits per heavy atom. The Morgan fingerprint density at radius 1 is 0.861 bits per heavy atom. The van der Waals surface area contributed by atoms with Crippen LogP contribution in [0.4, 0.5) is 5.69 Å². The summed E-state index contributed by atoms with van der Waals surface area (Å²) in [5.74, 6) is 1.26. The predicted octanol–water partition coefficient (Wildman–Crippen LogP) is 5.49. The second-order valence-corrected chi connectivity index (χ2v) is 8.29. The molecule has 4 rings (SSSR count). The Morgan fingerprint density at radius 3 is 2.33 bits per heavy atom. The second-order valence-electron chi connectivity index (χ2n) is 8.29. The third kappa shape index (κ3) is 8.33. The van der Waals surface area contributed by atoms with E-state index in [1.807, 2.05) is 60.7 Å². The molecule has 1 fully saturated rings. The number of carbonyl (C=O) groups excluding carboxylic acids is 1. The largest absolute Gasteiger partial charge is 0.495 e. The molecule has 0 aromatic heterocycles. The molecule has 0 unspecified atom stereocenters. The SMILES string of the molecule is COc1ccccc1N1CCN(CCCOC(=O)c2cccc(OCc3ccccc3)c2)CC1.Cl.Cl. The van der Waals surface area contributed by atoms with Crippen LogP contribution in [-0.4, -0.2) is 57.3 Å². The maximum absolute atomic E-state index is 12.5. The molecule has 1 heterocycles. The number of rotatable bonds is 10. The first-order chi connectivity index (χ1) is 16.7. The monoisotopic (exact) mass is 532 g/mol. The highest BCUT2D eigenvalue weighted by atomic mass is 35.5. The maximum atomic E-state index is 12.5. The fourth-order valence-corrected chi connectivity index (χ4v) is 4.09. The minimum Gasteiger partial charge on any atom is -0.495 e. The maximum Gasteiger partial charge on any atom is 0.338 e. The normalized spacial score (nSPS) is 13.2. The van der Waals surface area contributed by atoms with E-state index in [1.54, 1.807) is 19.2 Å². The predicted molar refractivity (Wildman–Crippen MR) is 148 cm³/mol. The average molecular weight is 533 g/mol. The summed E-state index contributed by atoms with van der Waals surface area (Å²) in [5, 5.41) is 0. The highest BCUT2D eigenvalue weighted by Gasteiger charge is 2.19. The third-order valence-electron chi connectivity index (χ3n) is 5.97. The number of ether oxygens (including phenoxy) is 3. The summed E-state index contributed by atoms with van der Waals surface area (Å²) in [6.45, 7) is 5.64. The molecular weight excluding hydrogens is 499 g/mol. The van der Waals surface area contributed by atoms with Crippen molar-refractivity contribution < 1.29 is 19.0 Å². The summed E-state index contributed by atoms with van der Waals surface area (Å²) in [6, 6.07) is 25.3. The van der Waals surface area contributed by atoms with E-state index in [1.165, 1.54) is 0 Å². The van der Waals surface area contributed by atoms with E-state index in [0.717, 1.165) is 56.1 Å². The summed E-state index contributed by atoms with van der Waals surface area (Å²) in [5.41, 5.74) is 2.74. The van der Waals surface area contributed by atoms with E-state index in [0.29, 0.717) is 24.5 Å². The summed E-state index contributed by atoms with van der Waals surface area (Å²) in [7, 11) is 1.71. The number of halogens is 2. The van der Waals surface area contributed by atoms with Gasteiger partial charge in [0.1, 0.15) is 18.1 Å². The van der Waals surface area contributed by atoms with Crippen molar-refractivity contribution in [3.05, 3.63) is 90.0 Å². The minimum absolute atomic E-state index is 0. The first-order valence-electron chi connectivity index (χ1n) is 11.8. The molecule has 3 aromatic carbocycles. The van der Waals surface area contributed by atoms with Crippen LogP contribution >= 0.6 is 24.8 Å². The molecule has 36 heavy (non-hydrogen) atoms. The van der Waals surface area contributed by atoms with E-state index < -0.39 is 0 Å². The van der Waals surface area contributed by atoms with Crippen molar-refractivity contribution in [1.82, 2.24) is 4.90 Å². The third-order valence-corrected chi connectivity index (χ3v) is 5.97. The van der Waals surface area contributed by atoms with Gasteiger partial charge in [0.05, 0.1) is 25.0 Å². The van der Waals surface area contributed by atoms with Crippen LogP contribution in [0.1, 0.15) is 22.3 Å². The molecular formula is C28H34Cl2N2O4. The van der Waals surface area contributed by atoms with Crippen molar-refractivity contribution >= 4 is 36.5 Å². The van der Waals surface area contributed by atoms with Gasteiger partial charge in [-0.1, -0.05) is 48.5 Å². The molecule has 3 aromatic rings. The first-order valence-corrected chi connectivity index (χ1v) is 11.8. The average Bonchev–Trinajstić information content (AvgIpc) is 2.91. The highest BCUT2D eigenvalue weighted by molar-refractivity contribution is 5.89. The Labute approximate surface area is 226 Å². The van der Waals surface area contributed by atoms with Crippen molar-refractivity contribution in [1.29, 1.82) is 0 Å². The van der Waals surface area contributed by atoms with Gasteiger partial charge in [0.15, 0.2) is 0 Å². The van der Waals surface area contributed by atoms with E-state index in [-0.39, 0.29) is 30.8 Å². The van der Waals surface area contributed by atoms with E-state index >= 15 is 0 Å². The van der Waals surface area contributed by atoms with Crippen LogP contribution in [0.5, 0.6) is 11.5 Å². The molecule has 0 atom stereocenters. The van der Waals surface area contributed by atoms with Gasteiger partial charge < -0.3 is 19.1 Å². The Balaban J connectivity index is 0.00000228. The number of benzene rings is 3. The Bertz CT molecular complexity index is 1060. The zero-order valence-electron chi connectivity index (χ0n) is 20.5. The number of methoxy groups -OCH3 is 1. The molecule has 194 valence electrons. The van der Waals surface area contributed by atoms with Gasteiger partial charge in [-0.25, -0.2) is 4.79 Å². The van der Waals surface area contributed by atoms with Crippen LogP contribution in [0.2, 0.25) is 0 Å². The molecule has 0 aliphatic carbocycles. The van der Waals surface area contributed by atoms with Crippen molar-refractivity contribution in [3.63, 3.8) is 0 Å². The van der Waals surface area contributed by atoms with Gasteiger partial charge in [-0.15, -0.1) is 24.8 Å². The van der Waals surface area contributed by atoms with Crippen molar-refractivity contribution in [3.8, 4) is 11.5 Å². The van der Waals surface area contributed by atoms with Crippen molar-refractivity contribution in [2.75, 3.05) is 51.3 Å². The number of para-hydroxylation sites is 2. The van der Waals surface area contributed by atoms with E-state index in [4.69, 9.17) is 14.2 Å². The van der Waals surface area contributed by atoms with Crippen LogP contribution in [-0.2, 0) is 11.3 Å². The van der Waals surface area contributed by atoms with E-state index in [9.17, 15) is 4.79 Å². The standard InChI is InChI=1S/C28H32N2O4.2ClH/c1-32-27-14-6-5-13-26(27)30-18-16-29(17-19-30)15-8-20-33-28(31)24-11-7-12-25(21-24)34-22-23-9-3-2-4-10-23;;/h2-7,9-14,21H,8,15-20,22H2,1H3;2*1H. The van der Waals surface area contributed by atoms with Crippen LogP contribution in [0, 0.1) is 0 Å². The fraction of sp³-hybridized carbons (Fsp3) is 0.321. The molecule has 0 bridgehead atoms. The fourth-order valence-electron chi connectivity index (χ4n) is 4.09. The zero-order chi connectivity index (χ0) is 23.6. The topological polar surface area (TPSA) is 51.2 Å². The van der Waals surface area contributed by atoms with Gasteiger partial charge in [-0.05, 0) is 42.3 Å². The number of hydrogen-bond donors (Lipinski definition) is 0. The van der Waals surface area contributed by atoms with Gasteiger partial charge in [-0.3, -0.25) is 4.90 Å². The summed E-state index contributed by atoms with van der Waals surface area (Å²) in [6.07, 6.45) is 0.810. The van der Waals surface area contributed by atoms with Gasteiger partial charge in [0, 0.05) is 32.7 Å². The van der Waals surface area contributed by atoms with Crippen LogP contribution in [0.3, 0.4) is 0 Å². The van der Waals surface area contributed by atoms with Crippen LogP contribution < -0.4 is 14.4 Å². The van der Waals surface area contributed by atoms with Crippen LogP contribution in [0.15, 0.2) is 78.9 Å². The molecule has 0 saturated carbocycles. The lowest BCUT2D eigenvalue weighted by Crippen LogP contribution is -2.46. The smallest absolute Gasteiger partial charge is 0.338 e. The van der Waals surface area contributed by atoms with Gasteiger partial charge in [0.25, 0.3) is 0 Å². The number of hydrogen-bond acceptors (Lipinski definition) is 6. The number of piperazine rings is 1. The number of carbonyl (C=O) groups is 1. The lowest BCUT2D eigenvalue weighted by Gasteiger charge is -2.36. The van der Waals surface area contributed by atoms with Gasteiger partial charge >= 0.3 is 5.97 Å². The first kappa shape index (κ1) is 29.3. The molecule has 6 nitrogen and oxygen atoms in total. The zero-order valence-corrected chi connectivity index (χ0v) is 22.1. The molecule has 0 spiro atoms. The Hall–Kier alpha value is -2.93. The molecule has 0 N–H and O–H groups in total. The Kier molecular flexibility index (Phi) is 12.4. The molecule has 0 radical (unpaired) electrons. The minimum atomic E-state index is -0.314. The molecule has 0 amide bonds. The molecule has 1 saturated heterocycles. The lowest BCUT2D eigenvalue weighted by molar-refractivity contribution is 0.0487. The van der Waals surface area contributed by atoms with Gasteiger partial charge in [-0.2, -0.15) is 0 Å². The molecule has 1 aliphatic heterocycles. The van der Waals surface area contributed by atoms with E-state index in [2.05, 4.69) is 15.9 Å². The van der Waals surface area contributed by atoms with Crippen LogP contribution in [0.25, 0.3) is 0 Å². The second kappa shape index (κ2) is 15.2. The number of anilines is 1. The number of esters is 1. The molecule has 1 aliphatic rings. The molecule has 8 heteroatoms. The summed E-state index contributed by atoms with van der Waals surface area (Å²) >= 11 is 0. The quantitative estimate of drug-likeness (QED) is 0.254. The lowest BCUT2D eigenvalue weighted by atomic mass is 10.2. The van der Waals surface area contributed by atoms with Crippen molar-refractivity contribution in [2.24, 2.45) is 0 Å². The summed E-state index contributed by atoms with van der Waals surface area (Å²) < 4.78 is 16.8.